The second-order valence-corrected chi connectivity index (χ2v) is 12.4. The third-order valence-electron chi connectivity index (χ3n) is 7.12. The average Bonchev–Trinajstić information content (AvgIpc) is 3.05. The van der Waals surface area contributed by atoms with Crippen molar-refractivity contribution in [2.45, 2.75) is 30.9 Å². The number of nitrogens with one attached hydrogen (secondary N) is 3. The zero-order chi connectivity index (χ0) is 32.5. The lowest BCUT2D eigenvalue weighted by atomic mass is 10.0. The van der Waals surface area contributed by atoms with Crippen molar-refractivity contribution in [1.29, 1.82) is 0 Å². The summed E-state index contributed by atoms with van der Waals surface area (Å²) in [5.41, 5.74) is 6.89. The summed E-state index contributed by atoms with van der Waals surface area (Å²) in [6.45, 7) is 5.84. The topological polar surface area (TPSA) is 87.3 Å². The van der Waals surface area contributed by atoms with Gasteiger partial charge in [-0.25, -0.2) is 0 Å². The highest BCUT2D eigenvalue weighted by Gasteiger charge is 2.18. The van der Waals surface area contributed by atoms with Crippen LogP contribution in [0.4, 0.5) is 11.4 Å². The first-order valence-corrected chi connectivity index (χ1v) is 15.8. The molecule has 1 unspecified atom stereocenters. The van der Waals surface area contributed by atoms with E-state index in [-0.39, 0.29) is 16.9 Å². The number of anilines is 2. The molecular weight excluding hydrogens is 591 g/mol. The highest BCUT2D eigenvalue weighted by atomic mass is 32.2. The Labute approximate surface area is 274 Å². The normalized spacial score (nSPS) is 11.8. The van der Waals surface area contributed by atoms with Gasteiger partial charge in [-0.1, -0.05) is 84.9 Å². The van der Waals surface area contributed by atoms with E-state index in [4.69, 9.17) is 0 Å². The minimum Gasteiger partial charge on any atom is -0.325 e. The summed E-state index contributed by atoms with van der Waals surface area (Å²) in [4.78, 5) is 40.4. The maximum absolute atomic E-state index is 13.6. The molecule has 1 atom stereocenters. The number of hydrogen-bond acceptors (Lipinski definition) is 4. The third kappa shape index (κ3) is 8.83. The number of carbonyl (C=O) groups is 3. The molecule has 0 fully saturated rings. The van der Waals surface area contributed by atoms with E-state index in [0.717, 1.165) is 38.4 Å². The van der Waals surface area contributed by atoms with Crippen LogP contribution in [0.2, 0.25) is 0 Å². The molecule has 5 aromatic carbocycles. The van der Waals surface area contributed by atoms with Crippen LogP contribution < -0.4 is 16.0 Å². The molecule has 0 aliphatic carbocycles. The van der Waals surface area contributed by atoms with E-state index < -0.39 is 11.8 Å². The van der Waals surface area contributed by atoms with Crippen LogP contribution in [-0.2, 0) is 9.59 Å². The summed E-state index contributed by atoms with van der Waals surface area (Å²) >= 11 is 1.39. The Balaban J connectivity index is 1.31. The van der Waals surface area contributed by atoms with Crippen LogP contribution in [0.5, 0.6) is 0 Å². The number of aryl methyl sites for hydroxylation is 2. The van der Waals surface area contributed by atoms with E-state index in [2.05, 4.69) is 22.0 Å². The zero-order valence-corrected chi connectivity index (χ0v) is 26.7. The molecule has 230 valence electrons. The molecule has 0 bridgehead atoms. The van der Waals surface area contributed by atoms with Crippen LogP contribution >= 0.6 is 11.8 Å². The fourth-order valence-corrected chi connectivity index (χ4v) is 5.83. The molecule has 0 aliphatic rings. The maximum Gasteiger partial charge on any atom is 0.272 e. The molecule has 5 aromatic rings. The summed E-state index contributed by atoms with van der Waals surface area (Å²) in [5, 5.41) is 8.32. The van der Waals surface area contributed by atoms with Crippen molar-refractivity contribution >= 4 is 46.9 Å². The van der Waals surface area contributed by atoms with Crippen LogP contribution in [0.1, 0.15) is 34.0 Å². The molecule has 3 amide bonds. The lowest BCUT2D eigenvalue weighted by Gasteiger charge is -2.15. The largest absolute Gasteiger partial charge is 0.325 e. The van der Waals surface area contributed by atoms with E-state index in [1.165, 1.54) is 11.8 Å². The standard InChI is InChI=1S/C39H35N3O3S/c1-26-21-27(2)23-34(22-26)41-37(43)28(3)46-35-16-10-15-33(25-35)40-39(45)36(42-38(44)32-13-8-5-9-14-32)24-29-17-19-31(20-18-29)30-11-6-4-7-12-30/h4-25,28H,1-3H3,(H,40,45)(H,41,43)(H,42,44)/b36-24+. The van der Waals surface area contributed by atoms with Crippen LogP contribution in [0.15, 0.2) is 138 Å². The number of carbonyl (C=O) groups excluding carboxylic acids is 3. The molecule has 0 saturated carbocycles. The Kier molecular flexibility index (Phi) is 10.5. The molecule has 0 aliphatic heterocycles. The number of benzene rings is 5. The predicted octanol–water partition coefficient (Wildman–Crippen LogP) is 8.50. The minimum absolute atomic E-state index is 0.0977. The molecule has 46 heavy (non-hydrogen) atoms. The summed E-state index contributed by atoms with van der Waals surface area (Å²) in [6.07, 6.45) is 1.66. The summed E-state index contributed by atoms with van der Waals surface area (Å²) in [6, 6.07) is 39.8. The Bertz CT molecular complexity index is 1850. The molecule has 0 saturated heterocycles. The van der Waals surface area contributed by atoms with Crippen molar-refractivity contribution < 1.29 is 14.4 Å². The van der Waals surface area contributed by atoms with Crippen molar-refractivity contribution in [2.24, 2.45) is 0 Å². The maximum atomic E-state index is 13.6. The van der Waals surface area contributed by atoms with Crippen LogP contribution in [0, 0.1) is 13.8 Å². The lowest BCUT2D eigenvalue weighted by Crippen LogP contribution is -2.30. The Morgan fingerprint density at radius 1 is 0.652 bits per heavy atom. The van der Waals surface area contributed by atoms with Gasteiger partial charge >= 0.3 is 0 Å². The molecular formula is C39H35N3O3S. The predicted molar refractivity (Wildman–Crippen MR) is 189 cm³/mol. The Morgan fingerprint density at radius 2 is 1.28 bits per heavy atom. The number of hydrogen-bond donors (Lipinski definition) is 3. The number of thioether (sulfide) groups is 1. The monoisotopic (exact) mass is 625 g/mol. The van der Waals surface area contributed by atoms with Gasteiger partial charge in [0.2, 0.25) is 5.91 Å². The molecule has 5 rings (SSSR count). The third-order valence-corrected chi connectivity index (χ3v) is 8.21. The Morgan fingerprint density at radius 3 is 1.96 bits per heavy atom. The van der Waals surface area contributed by atoms with Crippen molar-refractivity contribution in [3.05, 3.63) is 155 Å². The molecule has 0 radical (unpaired) electrons. The molecule has 0 heterocycles. The minimum atomic E-state index is -0.473. The first-order chi connectivity index (χ1) is 22.2. The number of amides is 3. The SMILES string of the molecule is Cc1cc(C)cc(NC(=O)C(C)Sc2cccc(NC(=O)/C(=C\c3ccc(-c4ccccc4)cc3)NC(=O)c3ccccc3)c2)c1. The van der Waals surface area contributed by atoms with E-state index in [9.17, 15) is 14.4 Å². The van der Waals surface area contributed by atoms with Crippen molar-refractivity contribution in [3.63, 3.8) is 0 Å². The fraction of sp³-hybridized carbons (Fsp3) is 0.103. The first-order valence-electron chi connectivity index (χ1n) is 14.9. The van der Waals surface area contributed by atoms with Gasteiger partial charge in [0, 0.05) is 21.8 Å². The van der Waals surface area contributed by atoms with Gasteiger partial charge in [-0.15, -0.1) is 11.8 Å². The van der Waals surface area contributed by atoms with Gasteiger partial charge in [-0.05, 0) is 97.1 Å². The zero-order valence-electron chi connectivity index (χ0n) is 25.9. The van der Waals surface area contributed by atoms with Gasteiger partial charge in [-0.3, -0.25) is 14.4 Å². The smallest absolute Gasteiger partial charge is 0.272 e. The fourth-order valence-electron chi connectivity index (χ4n) is 4.91. The number of rotatable bonds is 10. The summed E-state index contributed by atoms with van der Waals surface area (Å²) in [5.74, 6) is -0.980. The van der Waals surface area contributed by atoms with Gasteiger partial charge in [0.25, 0.3) is 11.8 Å². The highest BCUT2D eigenvalue weighted by Crippen LogP contribution is 2.27. The molecule has 7 heteroatoms. The van der Waals surface area contributed by atoms with Crippen molar-refractivity contribution in [2.75, 3.05) is 10.6 Å². The van der Waals surface area contributed by atoms with E-state index in [0.29, 0.717) is 11.3 Å². The van der Waals surface area contributed by atoms with Gasteiger partial charge < -0.3 is 16.0 Å². The molecule has 6 nitrogen and oxygen atoms in total. The van der Waals surface area contributed by atoms with Gasteiger partial charge in [0.05, 0.1) is 5.25 Å². The molecule has 0 aromatic heterocycles. The van der Waals surface area contributed by atoms with Crippen LogP contribution in [-0.4, -0.2) is 23.0 Å². The van der Waals surface area contributed by atoms with Crippen LogP contribution in [0.25, 0.3) is 17.2 Å². The van der Waals surface area contributed by atoms with Gasteiger partial charge in [0.15, 0.2) is 0 Å². The Hall–Kier alpha value is -5.40. The van der Waals surface area contributed by atoms with Gasteiger partial charge in [0.1, 0.15) is 5.70 Å². The van der Waals surface area contributed by atoms with Crippen molar-refractivity contribution in [1.82, 2.24) is 5.32 Å². The first kappa shape index (κ1) is 32.0. The summed E-state index contributed by atoms with van der Waals surface area (Å²) in [7, 11) is 0. The van der Waals surface area contributed by atoms with E-state index >= 15 is 0 Å². The molecule has 0 spiro atoms. The van der Waals surface area contributed by atoms with Gasteiger partial charge in [-0.2, -0.15) is 0 Å². The lowest BCUT2D eigenvalue weighted by molar-refractivity contribution is -0.115. The summed E-state index contributed by atoms with van der Waals surface area (Å²) < 4.78 is 0. The molecule has 3 N–H and O–H groups in total. The quantitative estimate of drug-likeness (QED) is 0.107. The van der Waals surface area contributed by atoms with Crippen molar-refractivity contribution in [3.8, 4) is 11.1 Å². The van der Waals surface area contributed by atoms with Crippen LogP contribution in [0.3, 0.4) is 0 Å². The second kappa shape index (κ2) is 15.1. The highest BCUT2D eigenvalue weighted by molar-refractivity contribution is 8.00. The van der Waals surface area contributed by atoms with E-state index in [1.807, 2.05) is 112 Å². The average molecular weight is 626 g/mol. The van der Waals surface area contributed by atoms with E-state index in [1.54, 1.807) is 36.4 Å². The second-order valence-electron chi connectivity index (χ2n) is 11.0.